The molecule has 0 radical (unpaired) electrons. The first-order chi connectivity index (χ1) is 13.0. The Hall–Kier alpha value is -0.840. The van der Waals surface area contributed by atoms with Crippen LogP contribution in [0.25, 0.3) is 0 Å². The molecule has 27 heavy (non-hydrogen) atoms. The molecule has 5 heteroatoms. The van der Waals surface area contributed by atoms with Gasteiger partial charge >= 0.3 is 0 Å². The van der Waals surface area contributed by atoms with Gasteiger partial charge in [-0.2, -0.15) is 11.8 Å². The number of thioether (sulfide) groups is 1. The van der Waals surface area contributed by atoms with Crippen LogP contribution < -0.4 is 0 Å². The summed E-state index contributed by atoms with van der Waals surface area (Å²) in [5, 5.41) is 0.599. The molecule has 0 saturated carbocycles. The lowest BCUT2D eigenvalue weighted by Crippen LogP contribution is -2.33. The molecule has 2 rings (SSSR count). The van der Waals surface area contributed by atoms with E-state index in [1.54, 1.807) is 0 Å². The summed E-state index contributed by atoms with van der Waals surface area (Å²) >= 11 is 13.9. The summed E-state index contributed by atoms with van der Waals surface area (Å²) in [7, 11) is 0. The van der Waals surface area contributed by atoms with Gasteiger partial charge in [0, 0.05) is 19.5 Å². The number of hydrogen-bond donors (Lipinski definition) is 0. The Morgan fingerprint density at radius 2 is 2.26 bits per heavy atom. The molecule has 0 spiro atoms. The zero-order chi connectivity index (χ0) is 19.6. The standard InChI is InChI=1S/C22H31ClN2S2/c1-4-25(21(26)13-14-27-3)20-15-19(16-24-22(20)23)12-11-18-9-5-7-17(2)8-6-10-18/h5-7,9-10,15,17,19H,4,8,11-14,16H2,1-3H3. The van der Waals surface area contributed by atoms with Crippen molar-refractivity contribution in [1.29, 1.82) is 0 Å². The fraction of sp³-hybridized carbons (Fsp3) is 0.545. The molecule has 1 aliphatic heterocycles. The molecule has 148 valence electrons. The predicted molar refractivity (Wildman–Crippen MR) is 127 cm³/mol. The Balaban J connectivity index is 2.03. The third-order valence-electron chi connectivity index (χ3n) is 4.89. The lowest BCUT2D eigenvalue weighted by atomic mass is 9.95. The second kappa shape index (κ2) is 11.9. The molecule has 0 saturated heterocycles. The van der Waals surface area contributed by atoms with E-state index >= 15 is 0 Å². The zero-order valence-electron chi connectivity index (χ0n) is 16.7. The minimum atomic E-state index is 0.405. The number of hydrogen-bond acceptors (Lipinski definition) is 3. The number of thiocarbonyl (C=S) groups is 1. The van der Waals surface area contributed by atoms with Gasteiger partial charge in [0.1, 0.15) is 5.17 Å². The van der Waals surface area contributed by atoms with Crippen molar-refractivity contribution in [3.8, 4) is 0 Å². The first-order valence-corrected chi connectivity index (χ1v) is 12.0. The smallest absolute Gasteiger partial charge is 0.147 e. The second-order valence-electron chi connectivity index (χ2n) is 7.10. The topological polar surface area (TPSA) is 15.6 Å². The van der Waals surface area contributed by atoms with Crippen LogP contribution in [-0.2, 0) is 0 Å². The van der Waals surface area contributed by atoms with E-state index in [4.69, 9.17) is 23.8 Å². The van der Waals surface area contributed by atoms with Gasteiger partial charge in [0.15, 0.2) is 0 Å². The zero-order valence-corrected chi connectivity index (χ0v) is 19.0. The van der Waals surface area contributed by atoms with Crippen LogP contribution in [0.3, 0.4) is 0 Å². The van der Waals surface area contributed by atoms with E-state index in [2.05, 4.69) is 66.5 Å². The molecular weight excluding hydrogens is 392 g/mol. The lowest BCUT2D eigenvalue weighted by Gasteiger charge is -2.29. The Morgan fingerprint density at radius 1 is 1.44 bits per heavy atom. The first-order valence-electron chi connectivity index (χ1n) is 9.80. The van der Waals surface area contributed by atoms with Crippen molar-refractivity contribution in [3.63, 3.8) is 0 Å². The first kappa shape index (κ1) is 22.4. The third-order valence-corrected chi connectivity index (χ3v) is 6.24. The lowest BCUT2D eigenvalue weighted by molar-refractivity contribution is 0.530. The SMILES string of the molecule is CCN(C(=S)CCSC)C1=CC(CCC2=CC=CC(C)CC=C2)CN=C1Cl. The van der Waals surface area contributed by atoms with E-state index in [9.17, 15) is 0 Å². The Bertz CT molecular complexity index is 661. The molecule has 2 atom stereocenters. The van der Waals surface area contributed by atoms with Crippen LogP contribution in [0, 0.1) is 11.8 Å². The van der Waals surface area contributed by atoms with Gasteiger partial charge in [0.05, 0.1) is 10.7 Å². The second-order valence-corrected chi connectivity index (χ2v) is 8.92. The summed E-state index contributed by atoms with van der Waals surface area (Å²) in [5.74, 6) is 2.06. The molecule has 0 aromatic heterocycles. The van der Waals surface area contributed by atoms with Gasteiger partial charge < -0.3 is 4.90 Å². The Morgan fingerprint density at radius 3 is 3.00 bits per heavy atom. The number of aliphatic imine (C=N–C) groups is 1. The summed E-state index contributed by atoms with van der Waals surface area (Å²) in [6.45, 7) is 5.96. The molecule has 2 aliphatic rings. The molecule has 0 bridgehead atoms. The number of rotatable bonds is 8. The van der Waals surface area contributed by atoms with Crippen LogP contribution in [0.4, 0.5) is 0 Å². The van der Waals surface area contributed by atoms with Crippen LogP contribution in [-0.4, -0.2) is 40.2 Å². The summed E-state index contributed by atoms with van der Waals surface area (Å²) in [6, 6.07) is 0. The Kier molecular flexibility index (Phi) is 9.88. The van der Waals surface area contributed by atoms with Crippen molar-refractivity contribution < 1.29 is 0 Å². The van der Waals surface area contributed by atoms with Gasteiger partial charge in [-0.1, -0.05) is 67.2 Å². The minimum absolute atomic E-state index is 0.405. The summed E-state index contributed by atoms with van der Waals surface area (Å²) in [5.41, 5.74) is 2.38. The van der Waals surface area contributed by atoms with Gasteiger partial charge in [0.25, 0.3) is 0 Å². The van der Waals surface area contributed by atoms with Crippen LogP contribution in [0.15, 0.2) is 52.7 Å². The van der Waals surface area contributed by atoms with E-state index in [0.29, 0.717) is 17.0 Å². The molecule has 0 aromatic rings. The number of dihydropyridines is 1. The van der Waals surface area contributed by atoms with Gasteiger partial charge in [-0.05, 0) is 55.6 Å². The summed E-state index contributed by atoms with van der Waals surface area (Å²) in [4.78, 5) is 7.70. The molecule has 0 fully saturated rings. The number of nitrogens with zero attached hydrogens (tertiary/aromatic N) is 2. The van der Waals surface area contributed by atoms with Crippen LogP contribution >= 0.6 is 35.6 Å². The minimum Gasteiger partial charge on any atom is -0.334 e. The molecule has 0 N–H and O–H groups in total. The molecular formula is C22H31ClN2S2. The molecule has 1 aliphatic carbocycles. The highest BCUT2D eigenvalue weighted by Gasteiger charge is 2.22. The van der Waals surface area contributed by atoms with Gasteiger partial charge in [-0.3, -0.25) is 4.99 Å². The van der Waals surface area contributed by atoms with Crippen molar-refractivity contribution >= 4 is 45.7 Å². The molecule has 2 unspecified atom stereocenters. The highest BCUT2D eigenvalue weighted by Crippen LogP contribution is 2.25. The molecule has 1 heterocycles. The van der Waals surface area contributed by atoms with Crippen molar-refractivity contribution in [2.75, 3.05) is 25.1 Å². The van der Waals surface area contributed by atoms with Crippen molar-refractivity contribution in [3.05, 3.63) is 47.7 Å². The third kappa shape index (κ3) is 7.24. The average molecular weight is 423 g/mol. The fourth-order valence-electron chi connectivity index (χ4n) is 3.26. The fourth-order valence-corrected chi connectivity index (χ4v) is 4.35. The van der Waals surface area contributed by atoms with Crippen molar-refractivity contribution in [2.45, 2.75) is 39.5 Å². The maximum Gasteiger partial charge on any atom is 0.147 e. The Labute approximate surface area is 179 Å². The largest absolute Gasteiger partial charge is 0.334 e. The van der Waals surface area contributed by atoms with Crippen molar-refractivity contribution in [2.24, 2.45) is 16.8 Å². The van der Waals surface area contributed by atoms with Gasteiger partial charge in [0.2, 0.25) is 0 Å². The van der Waals surface area contributed by atoms with Gasteiger partial charge in [-0.25, -0.2) is 0 Å². The monoisotopic (exact) mass is 422 g/mol. The number of allylic oxidation sites excluding steroid dienone is 7. The van der Waals surface area contributed by atoms with Crippen LogP contribution in [0.2, 0.25) is 0 Å². The maximum atomic E-state index is 6.45. The van der Waals surface area contributed by atoms with E-state index < -0.39 is 0 Å². The van der Waals surface area contributed by atoms with E-state index in [1.165, 1.54) is 5.57 Å². The van der Waals surface area contributed by atoms with Crippen LogP contribution in [0.1, 0.15) is 39.5 Å². The summed E-state index contributed by atoms with van der Waals surface area (Å²) < 4.78 is 0. The van der Waals surface area contributed by atoms with E-state index in [0.717, 1.165) is 55.2 Å². The molecule has 0 aromatic carbocycles. The highest BCUT2D eigenvalue weighted by molar-refractivity contribution is 7.98. The van der Waals surface area contributed by atoms with E-state index in [-0.39, 0.29) is 0 Å². The quantitative estimate of drug-likeness (QED) is 0.421. The summed E-state index contributed by atoms with van der Waals surface area (Å²) in [6.07, 6.45) is 19.8. The maximum absolute atomic E-state index is 6.45. The number of halogens is 1. The normalized spacial score (nSPS) is 22.4. The average Bonchev–Trinajstić information content (AvgIpc) is 2.64. The van der Waals surface area contributed by atoms with Crippen molar-refractivity contribution in [1.82, 2.24) is 4.90 Å². The van der Waals surface area contributed by atoms with Gasteiger partial charge in [-0.15, -0.1) is 0 Å². The highest BCUT2D eigenvalue weighted by atomic mass is 35.5. The van der Waals surface area contributed by atoms with Crippen LogP contribution in [0.5, 0.6) is 0 Å². The van der Waals surface area contributed by atoms with E-state index in [1.807, 2.05) is 11.8 Å². The predicted octanol–water partition coefficient (Wildman–Crippen LogP) is 6.40. The molecule has 0 amide bonds. The molecule has 2 nitrogen and oxygen atoms in total.